The molecule has 0 unspecified atom stereocenters. The third-order valence-electron chi connectivity index (χ3n) is 7.23. The Balaban J connectivity index is 0.00000121. The van der Waals surface area contributed by atoms with E-state index in [9.17, 15) is 0 Å². The van der Waals surface area contributed by atoms with Gasteiger partial charge in [0.25, 0.3) is 0 Å². The van der Waals surface area contributed by atoms with E-state index in [1.54, 1.807) is 6.26 Å². The molecule has 5 aromatic rings. The largest absolute Gasteiger partial charge is 0.400 e. The van der Waals surface area contributed by atoms with E-state index >= 15 is 0 Å². The lowest BCUT2D eigenvalue weighted by molar-refractivity contribution is 0.399. The first-order valence-corrected chi connectivity index (χ1v) is 15.4. The van der Waals surface area contributed by atoms with Gasteiger partial charge in [-0.2, -0.15) is 12.6 Å². The summed E-state index contributed by atoms with van der Waals surface area (Å²) >= 11 is 3.53. The summed E-state index contributed by atoms with van der Waals surface area (Å²) in [4.78, 5) is 0. The Bertz CT molecular complexity index is 1740. The fourth-order valence-corrected chi connectivity index (χ4v) is 5.13. The van der Waals surface area contributed by atoms with Crippen LogP contribution in [0, 0.1) is 0 Å². The van der Waals surface area contributed by atoms with Crippen LogP contribution in [0.3, 0.4) is 0 Å². The van der Waals surface area contributed by atoms with Crippen LogP contribution in [0.5, 0.6) is 0 Å². The zero-order valence-electron chi connectivity index (χ0n) is 25.7. The quantitative estimate of drug-likeness (QED) is 0.106. The van der Waals surface area contributed by atoms with Crippen LogP contribution in [0.4, 0.5) is 0 Å². The predicted molar refractivity (Wildman–Crippen MR) is 197 cm³/mol. The van der Waals surface area contributed by atoms with Gasteiger partial charge in [0.15, 0.2) is 0 Å². The van der Waals surface area contributed by atoms with Crippen molar-refractivity contribution >= 4 is 51.4 Å². The van der Waals surface area contributed by atoms with Gasteiger partial charge in [0.2, 0.25) is 0 Å². The fourth-order valence-electron chi connectivity index (χ4n) is 5.13. The summed E-state index contributed by atoms with van der Waals surface area (Å²) in [6.45, 7) is 8.36. The van der Waals surface area contributed by atoms with E-state index in [1.165, 1.54) is 54.9 Å². The number of aliphatic hydroxyl groups excluding tert-OH is 1. The zero-order chi connectivity index (χ0) is 31.0. The van der Waals surface area contributed by atoms with Crippen LogP contribution in [0.15, 0.2) is 146 Å². The van der Waals surface area contributed by atoms with Crippen molar-refractivity contribution in [3.8, 4) is 11.1 Å². The van der Waals surface area contributed by atoms with Gasteiger partial charge in [-0.15, -0.1) is 0 Å². The van der Waals surface area contributed by atoms with Crippen LogP contribution in [0.2, 0.25) is 0 Å². The number of benzene rings is 5. The van der Waals surface area contributed by atoms with Gasteiger partial charge in [-0.25, -0.2) is 0 Å². The summed E-state index contributed by atoms with van der Waals surface area (Å²) in [5, 5.41) is 12.1. The van der Waals surface area contributed by atoms with E-state index in [-0.39, 0.29) is 0 Å². The van der Waals surface area contributed by atoms with Crippen molar-refractivity contribution in [2.24, 2.45) is 0 Å². The van der Waals surface area contributed by atoms with E-state index in [4.69, 9.17) is 5.11 Å². The van der Waals surface area contributed by atoms with Gasteiger partial charge in [-0.1, -0.05) is 147 Å². The minimum atomic E-state index is 0.945. The van der Waals surface area contributed by atoms with Crippen molar-refractivity contribution in [3.05, 3.63) is 163 Å². The lowest BCUT2D eigenvalue weighted by atomic mass is 9.93. The molecule has 0 aliphatic heterocycles. The van der Waals surface area contributed by atoms with Crippen molar-refractivity contribution in [1.82, 2.24) is 0 Å². The summed E-state index contributed by atoms with van der Waals surface area (Å²) in [6, 6.07) is 37.1. The second-order valence-corrected chi connectivity index (χ2v) is 9.65. The van der Waals surface area contributed by atoms with Crippen LogP contribution in [0.1, 0.15) is 37.0 Å². The van der Waals surface area contributed by atoms with Crippen molar-refractivity contribution in [2.45, 2.75) is 20.3 Å². The number of fused-ring (bicyclic) bond motifs is 3. The molecule has 218 valence electrons. The van der Waals surface area contributed by atoms with E-state index in [2.05, 4.69) is 160 Å². The topological polar surface area (TPSA) is 20.2 Å². The molecule has 43 heavy (non-hydrogen) atoms. The Kier molecular flexibility index (Phi) is 13.5. The monoisotopic (exact) mass is 582 g/mol. The predicted octanol–water partition coefficient (Wildman–Crippen LogP) is 11.5. The SMILES string of the molecule is C=C/C(=C\C=C(/CC)c1ccc2c(c1)cc(/C=C\C=C/C)c1ccccc12)c1ccc(-c2ccccc2)cc1.CO.CS. The number of hydrogen-bond donors (Lipinski definition) is 2. The second-order valence-electron chi connectivity index (χ2n) is 9.65. The van der Waals surface area contributed by atoms with Crippen LogP contribution in [0.25, 0.3) is 49.9 Å². The maximum atomic E-state index is 7.00. The second kappa shape index (κ2) is 17.6. The first kappa shape index (κ1) is 33.1. The molecule has 0 heterocycles. The molecule has 0 saturated carbocycles. The van der Waals surface area contributed by atoms with Crippen molar-refractivity contribution in [2.75, 3.05) is 13.4 Å². The highest BCUT2D eigenvalue weighted by Crippen LogP contribution is 2.32. The molecule has 2 heteroatoms. The van der Waals surface area contributed by atoms with Gasteiger partial charge in [0, 0.05) is 7.11 Å². The maximum Gasteiger partial charge on any atom is 0.0319 e. The number of aliphatic hydroxyl groups is 1. The highest BCUT2D eigenvalue weighted by Gasteiger charge is 2.08. The minimum absolute atomic E-state index is 0.945. The van der Waals surface area contributed by atoms with E-state index in [0.29, 0.717) is 0 Å². The number of thiol groups is 1. The maximum absolute atomic E-state index is 7.00. The molecule has 0 amide bonds. The molecule has 5 aromatic carbocycles. The Hall–Kier alpha value is -4.37. The fraction of sp³-hybridized carbons (Fsp3) is 0.122. The molecular formula is C41H42OS. The lowest BCUT2D eigenvalue weighted by Crippen LogP contribution is -1.87. The third kappa shape index (κ3) is 8.35. The van der Waals surface area contributed by atoms with Gasteiger partial charge >= 0.3 is 0 Å². The van der Waals surface area contributed by atoms with Crippen LogP contribution >= 0.6 is 12.6 Å². The number of allylic oxidation sites excluding steroid dienone is 8. The van der Waals surface area contributed by atoms with Crippen LogP contribution < -0.4 is 0 Å². The first-order valence-electron chi connectivity index (χ1n) is 14.6. The summed E-state index contributed by atoms with van der Waals surface area (Å²) in [5.41, 5.74) is 8.52. The minimum Gasteiger partial charge on any atom is -0.400 e. The highest BCUT2D eigenvalue weighted by atomic mass is 32.1. The molecule has 0 bridgehead atoms. The van der Waals surface area contributed by atoms with E-state index in [1.807, 2.05) is 19.1 Å². The number of hydrogen-bond acceptors (Lipinski definition) is 2. The third-order valence-corrected chi connectivity index (χ3v) is 7.23. The Morgan fingerprint density at radius 1 is 0.698 bits per heavy atom. The van der Waals surface area contributed by atoms with Crippen molar-refractivity contribution in [1.29, 1.82) is 0 Å². The van der Waals surface area contributed by atoms with Gasteiger partial charge in [0.1, 0.15) is 0 Å². The molecule has 0 radical (unpaired) electrons. The van der Waals surface area contributed by atoms with E-state index in [0.717, 1.165) is 19.1 Å². The molecule has 1 N–H and O–H groups in total. The van der Waals surface area contributed by atoms with Crippen molar-refractivity contribution in [3.63, 3.8) is 0 Å². The number of rotatable bonds is 8. The lowest BCUT2D eigenvalue weighted by Gasteiger charge is -2.11. The summed E-state index contributed by atoms with van der Waals surface area (Å²) in [5.74, 6) is 0. The zero-order valence-corrected chi connectivity index (χ0v) is 26.6. The molecule has 0 fully saturated rings. The molecule has 0 saturated heterocycles. The summed E-state index contributed by atoms with van der Waals surface area (Å²) in [6.07, 6.45) is 17.5. The van der Waals surface area contributed by atoms with Crippen LogP contribution in [-0.2, 0) is 0 Å². The Morgan fingerprint density at radius 2 is 1.33 bits per heavy atom. The Morgan fingerprint density at radius 3 is 1.98 bits per heavy atom. The first-order chi connectivity index (χ1) is 21.2. The average Bonchev–Trinajstić information content (AvgIpc) is 3.09. The standard InChI is InChI=1S/C39H34.CH4O.CH4S/c1-4-7-9-16-35-28-36-27-34(25-26-38(36)39-18-13-12-17-37(35)39)30(6-3)20-19-29(5-2)32-21-23-33(24-22-32)31-14-10-8-11-15-31;2*1-2/h4-5,7-28H,2,6H2,1,3H3;2*2H,1H3/b7-4-,16-9-,29-19+,30-20+;;. The van der Waals surface area contributed by atoms with E-state index < -0.39 is 0 Å². The smallest absolute Gasteiger partial charge is 0.0319 e. The molecule has 0 atom stereocenters. The average molecular weight is 583 g/mol. The van der Waals surface area contributed by atoms with Gasteiger partial charge in [-0.3, -0.25) is 0 Å². The Labute approximate surface area is 263 Å². The molecule has 0 aliphatic carbocycles. The highest BCUT2D eigenvalue weighted by molar-refractivity contribution is 7.79. The molecule has 1 nitrogen and oxygen atoms in total. The van der Waals surface area contributed by atoms with Gasteiger partial charge < -0.3 is 5.11 Å². The molecule has 0 aromatic heterocycles. The summed E-state index contributed by atoms with van der Waals surface area (Å²) in [7, 11) is 1.00. The molecular weight excluding hydrogens is 541 g/mol. The van der Waals surface area contributed by atoms with Gasteiger partial charge in [0.05, 0.1) is 0 Å². The molecule has 0 spiro atoms. The molecule has 5 rings (SSSR count). The van der Waals surface area contributed by atoms with Gasteiger partial charge in [-0.05, 0) is 92.2 Å². The summed E-state index contributed by atoms with van der Waals surface area (Å²) < 4.78 is 0. The van der Waals surface area contributed by atoms with Crippen molar-refractivity contribution < 1.29 is 5.11 Å². The normalized spacial score (nSPS) is 11.8. The van der Waals surface area contributed by atoms with Crippen LogP contribution in [-0.4, -0.2) is 18.5 Å². The molecule has 0 aliphatic rings.